The highest BCUT2D eigenvalue weighted by Gasteiger charge is 2.14. The summed E-state index contributed by atoms with van der Waals surface area (Å²) >= 11 is 6.64. The molecule has 112 valence electrons. The Morgan fingerprint density at radius 1 is 1.10 bits per heavy atom. The third-order valence-corrected chi connectivity index (χ3v) is 3.86. The first-order valence-corrected chi connectivity index (χ1v) is 7.60. The van der Waals surface area contributed by atoms with Crippen molar-refractivity contribution in [2.45, 2.75) is 25.6 Å². The molecular formula is C18H21ClO2. The topological polar surface area (TPSA) is 18.5 Å². The lowest BCUT2D eigenvalue weighted by Gasteiger charge is -2.15. The van der Waals surface area contributed by atoms with Crippen molar-refractivity contribution in [2.24, 2.45) is 0 Å². The Morgan fingerprint density at radius 3 is 2.57 bits per heavy atom. The molecule has 0 aromatic heterocycles. The van der Waals surface area contributed by atoms with Crippen LogP contribution in [0.5, 0.6) is 11.5 Å². The summed E-state index contributed by atoms with van der Waals surface area (Å²) in [5, 5.41) is -0.193. The average molecular weight is 305 g/mol. The average Bonchev–Trinajstić information content (AvgIpc) is 2.52. The normalized spacial score (nSPS) is 12.0. The Hall–Kier alpha value is -1.67. The number of rotatable bonds is 6. The van der Waals surface area contributed by atoms with Crippen LogP contribution in [0.2, 0.25) is 0 Å². The first kappa shape index (κ1) is 15.7. The fourth-order valence-corrected chi connectivity index (χ4v) is 2.60. The number of methoxy groups -OCH3 is 1. The van der Waals surface area contributed by atoms with Crippen LogP contribution < -0.4 is 9.47 Å². The smallest absolute Gasteiger partial charge is 0.119 e. The number of ether oxygens (including phenoxy) is 2. The summed E-state index contributed by atoms with van der Waals surface area (Å²) in [4.78, 5) is 0. The van der Waals surface area contributed by atoms with Gasteiger partial charge < -0.3 is 9.47 Å². The molecule has 0 spiro atoms. The zero-order valence-corrected chi connectivity index (χ0v) is 13.5. The Kier molecular flexibility index (Phi) is 5.51. The minimum Gasteiger partial charge on any atom is -0.497 e. The van der Waals surface area contributed by atoms with E-state index in [-0.39, 0.29) is 5.38 Å². The quantitative estimate of drug-likeness (QED) is 0.690. The molecule has 2 nitrogen and oxygen atoms in total. The molecule has 0 N–H and O–H groups in total. The van der Waals surface area contributed by atoms with Crippen molar-refractivity contribution in [2.75, 3.05) is 13.7 Å². The lowest BCUT2D eigenvalue weighted by molar-refractivity contribution is 0.317. The van der Waals surface area contributed by atoms with Crippen LogP contribution in [0, 0.1) is 6.92 Å². The van der Waals surface area contributed by atoms with Crippen molar-refractivity contribution in [3.8, 4) is 11.5 Å². The van der Waals surface area contributed by atoms with Crippen molar-refractivity contribution in [1.82, 2.24) is 0 Å². The van der Waals surface area contributed by atoms with E-state index in [1.807, 2.05) is 49.4 Å². The fraction of sp³-hybridized carbons (Fsp3) is 0.333. The second kappa shape index (κ2) is 7.37. The maximum absolute atomic E-state index is 6.64. The first-order chi connectivity index (χ1) is 10.2. The predicted octanol–water partition coefficient (Wildman–Crippen LogP) is 5.12. The molecular weight excluding hydrogens is 284 g/mol. The van der Waals surface area contributed by atoms with Gasteiger partial charge in [-0.15, -0.1) is 11.6 Å². The zero-order chi connectivity index (χ0) is 15.2. The van der Waals surface area contributed by atoms with Crippen molar-refractivity contribution in [3.05, 3.63) is 59.2 Å². The van der Waals surface area contributed by atoms with Crippen LogP contribution in [0.4, 0.5) is 0 Å². The van der Waals surface area contributed by atoms with Crippen LogP contribution in [0.3, 0.4) is 0 Å². The number of benzene rings is 2. The number of hydrogen-bond donors (Lipinski definition) is 0. The van der Waals surface area contributed by atoms with E-state index < -0.39 is 0 Å². The van der Waals surface area contributed by atoms with Gasteiger partial charge in [-0.3, -0.25) is 0 Å². The Balaban J connectivity index is 2.25. The van der Waals surface area contributed by atoms with Crippen molar-refractivity contribution in [1.29, 1.82) is 0 Å². The molecule has 0 heterocycles. The Labute approximate surface area is 131 Å². The summed E-state index contributed by atoms with van der Waals surface area (Å²) < 4.78 is 10.9. The summed E-state index contributed by atoms with van der Waals surface area (Å²) in [6, 6.07) is 13.9. The molecule has 0 bridgehead atoms. The molecule has 0 amide bonds. The molecule has 1 unspecified atom stereocenters. The molecule has 0 aliphatic rings. The van der Waals surface area contributed by atoms with E-state index in [9.17, 15) is 0 Å². The summed E-state index contributed by atoms with van der Waals surface area (Å²) in [6.45, 7) is 4.86. The second-order valence-electron chi connectivity index (χ2n) is 5.01. The summed E-state index contributed by atoms with van der Waals surface area (Å²) in [5.74, 6) is 1.71. The van der Waals surface area contributed by atoms with Gasteiger partial charge in [-0.05, 0) is 54.3 Å². The molecule has 2 rings (SSSR count). The van der Waals surface area contributed by atoms with Gasteiger partial charge in [-0.1, -0.05) is 25.1 Å². The zero-order valence-electron chi connectivity index (χ0n) is 12.7. The molecule has 0 aliphatic heterocycles. The van der Waals surface area contributed by atoms with Gasteiger partial charge >= 0.3 is 0 Å². The van der Waals surface area contributed by atoms with E-state index in [0.29, 0.717) is 0 Å². The molecule has 2 aromatic rings. The number of hydrogen-bond acceptors (Lipinski definition) is 2. The highest BCUT2D eigenvalue weighted by molar-refractivity contribution is 6.22. The monoisotopic (exact) mass is 304 g/mol. The van der Waals surface area contributed by atoms with E-state index in [2.05, 4.69) is 6.92 Å². The van der Waals surface area contributed by atoms with Crippen LogP contribution in [0.1, 0.15) is 35.4 Å². The fourth-order valence-electron chi connectivity index (χ4n) is 2.22. The molecule has 0 saturated carbocycles. The van der Waals surface area contributed by atoms with E-state index in [4.69, 9.17) is 21.1 Å². The highest BCUT2D eigenvalue weighted by Crippen LogP contribution is 2.34. The minimum absolute atomic E-state index is 0.193. The van der Waals surface area contributed by atoms with E-state index in [0.717, 1.165) is 41.2 Å². The van der Waals surface area contributed by atoms with Crippen LogP contribution in [-0.4, -0.2) is 13.7 Å². The number of aryl methyl sites for hydroxylation is 1. The highest BCUT2D eigenvalue weighted by atomic mass is 35.5. The molecule has 21 heavy (non-hydrogen) atoms. The maximum Gasteiger partial charge on any atom is 0.119 e. The van der Waals surface area contributed by atoms with Gasteiger partial charge in [0.2, 0.25) is 0 Å². The molecule has 0 fully saturated rings. The van der Waals surface area contributed by atoms with E-state index in [1.54, 1.807) is 7.11 Å². The van der Waals surface area contributed by atoms with Gasteiger partial charge in [0.05, 0.1) is 19.1 Å². The minimum atomic E-state index is -0.193. The predicted molar refractivity (Wildman–Crippen MR) is 87.7 cm³/mol. The number of halogens is 1. The van der Waals surface area contributed by atoms with Gasteiger partial charge in [0, 0.05) is 0 Å². The molecule has 3 heteroatoms. The summed E-state index contributed by atoms with van der Waals surface area (Å²) in [6.07, 6.45) is 0.992. The third-order valence-electron chi connectivity index (χ3n) is 3.37. The largest absolute Gasteiger partial charge is 0.497 e. The van der Waals surface area contributed by atoms with Crippen LogP contribution >= 0.6 is 11.6 Å². The molecule has 0 saturated heterocycles. The molecule has 1 atom stereocenters. The summed E-state index contributed by atoms with van der Waals surface area (Å²) in [5.41, 5.74) is 3.25. The van der Waals surface area contributed by atoms with E-state index >= 15 is 0 Å². The SMILES string of the molecule is CCCOc1cccc(C(Cl)c2ccc(OC)cc2C)c1. The van der Waals surface area contributed by atoms with Crippen LogP contribution in [0.25, 0.3) is 0 Å². The van der Waals surface area contributed by atoms with Gasteiger partial charge in [0.1, 0.15) is 11.5 Å². The maximum atomic E-state index is 6.64. The Bertz CT molecular complexity index is 596. The van der Waals surface area contributed by atoms with E-state index in [1.165, 1.54) is 0 Å². The van der Waals surface area contributed by atoms with Crippen molar-refractivity contribution < 1.29 is 9.47 Å². The van der Waals surface area contributed by atoms with Crippen molar-refractivity contribution >= 4 is 11.6 Å². The number of alkyl halides is 1. The molecule has 2 aromatic carbocycles. The van der Waals surface area contributed by atoms with Crippen LogP contribution in [-0.2, 0) is 0 Å². The first-order valence-electron chi connectivity index (χ1n) is 7.17. The lowest BCUT2D eigenvalue weighted by atomic mass is 9.99. The molecule has 0 radical (unpaired) electrons. The van der Waals surface area contributed by atoms with Gasteiger partial charge in [-0.2, -0.15) is 0 Å². The second-order valence-corrected chi connectivity index (χ2v) is 5.44. The van der Waals surface area contributed by atoms with Gasteiger partial charge in [0.25, 0.3) is 0 Å². The van der Waals surface area contributed by atoms with Gasteiger partial charge in [0.15, 0.2) is 0 Å². The third kappa shape index (κ3) is 3.92. The standard InChI is InChI=1S/C18H21ClO2/c1-4-10-21-16-7-5-6-14(12-16)18(19)17-9-8-15(20-3)11-13(17)2/h5-9,11-12,18H,4,10H2,1-3H3. The van der Waals surface area contributed by atoms with Crippen LogP contribution in [0.15, 0.2) is 42.5 Å². The molecule has 0 aliphatic carbocycles. The Morgan fingerprint density at radius 2 is 1.90 bits per heavy atom. The van der Waals surface area contributed by atoms with Crippen molar-refractivity contribution in [3.63, 3.8) is 0 Å². The van der Waals surface area contributed by atoms with Gasteiger partial charge in [-0.25, -0.2) is 0 Å². The lowest BCUT2D eigenvalue weighted by Crippen LogP contribution is -1.99. The summed E-state index contributed by atoms with van der Waals surface area (Å²) in [7, 11) is 1.67.